The van der Waals surface area contributed by atoms with Crippen LogP contribution >= 0.6 is 15.9 Å². The molecule has 1 aliphatic carbocycles. The van der Waals surface area contributed by atoms with Gasteiger partial charge < -0.3 is 9.64 Å². The van der Waals surface area contributed by atoms with Gasteiger partial charge in [0.1, 0.15) is 5.75 Å². The molecule has 1 aliphatic rings. The van der Waals surface area contributed by atoms with Gasteiger partial charge in [0.05, 0.1) is 0 Å². The third-order valence-electron chi connectivity index (χ3n) is 3.44. The highest BCUT2D eigenvalue weighted by Gasteiger charge is 2.23. The molecule has 1 amide bonds. The number of likely N-dealkylation sites (N-methyl/N-ethyl adjacent to an activating group) is 1. The molecule has 0 radical (unpaired) electrons. The van der Waals surface area contributed by atoms with Gasteiger partial charge in [-0.05, 0) is 37.1 Å². The van der Waals surface area contributed by atoms with Gasteiger partial charge in [-0.25, -0.2) is 0 Å². The van der Waals surface area contributed by atoms with Crippen molar-refractivity contribution >= 4 is 21.8 Å². The van der Waals surface area contributed by atoms with E-state index in [9.17, 15) is 4.79 Å². The molecule has 0 unspecified atom stereocenters. The highest BCUT2D eigenvalue weighted by molar-refractivity contribution is 9.10. The van der Waals surface area contributed by atoms with Crippen molar-refractivity contribution in [2.24, 2.45) is 0 Å². The zero-order valence-corrected chi connectivity index (χ0v) is 12.1. The number of nitrogens with zero attached hydrogens (tertiary/aromatic N) is 1. The van der Waals surface area contributed by atoms with Gasteiger partial charge in [-0.1, -0.05) is 28.8 Å². The fraction of sp³-hybridized carbons (Fsp3) is 0.500. The summed E-state index contributed by atoms with van der Waals surface area (Å²) in [5.41, 5.74) is 0. The van der Waals surface area contributed by atoms with Crippen LogP contribution in [-0.4, -0.2) is 30.5 Å². The molecule has 4 heteroatoms. The number of ether oxygens (including phenoxy) is 1. The molecule has 0 atom stereocenters. The Morgan fingerprint density at radius 3 is 2.56 bits per heavy atom. The van der Waals surface area contributed by atoms with Gasteiger partial charge in [-0.2, -0.15) is 0 Å². The van der Waals surface area contributed by atoms with E-state index in [1.165, 1.54) is 12.8 Å². The summed E-state index contributed by atoms with van der Waals surface area (Å²) in [4.78, 5) is 13.8. The van der Waals surface area contributed by atoms with Crippen molar-refractivity contribution < 1.29 is 9.53 Å². The minimum atomic E-state index is 0.0600. The predicted octanol–water partition coefficient (Wildman–Crippen LogP) is 3.23. The molecule has 2 rings (SSSR count). The second kappa shape index (κ2) is 6.23. The first-order valence-electron chi connectivity index (χ1n) is 6.31. The van der Waals surface area contributed by atoms with Crippen molar-refractivity contribution in [3.63, 3.8) is 0 Å². The number of hydrogen-bond donors (Lipinski definition) is 0. The first-order valence-corrected chi connectivity index (χ1v) is 7.10. The Morgan fingerprint density at radius 2 is 1.94 bits per heavy atom. The maximum absolute atomic E-state index is 12.0. The Hall–Kier alpha value is -1.03. The molecule has 0 aromatic heterocycles. The minimum absolute atomic E-state index is 0.0600. The summed E-state index contributed by atoms with van der Waals surface area (Å²) in [7, 11) is 1.88. The van der Waals surface area contributed by atoms with E-state index >= 15 is 0 Å². The van der Waals surface area contributed by atoms with E-state index in [1.54, 1.807) is 0 Å². The maximum atomic E-state index is 12.0. The van der Waals surface area contributed by atoms with E-state index < -0.39 is 0 Å². The Balaban J connectivity index is 1.82. The van der Waals surface area contributed by atoms with E-state index in [0.717, 1.165) is 23.1 Å². The van der Waals surface area contributed by atoms with E-state index in [1.807, 2.05) is 36.2 Å². The smallest absolute Gasteiger partial charge is 0.260 e. The van der Waals surface area contributed by atoms with Crippen molar-refractivity contribution in [3.8, 4) is 5.75 Å². The number of hydrogen-bond acceptors (Lipinski definition) is 2. The van der Waals surface area contributed by atoms with E-state index in [-0.39, 0.29) is 12.5 Å². The first kappa shape index (κ1) is 13.4. The van der Waals surface area contributed by atoms with Crippen molar-refractivity contribution in [3.05, 3.63) is 28.7 Å². The summed E-state index contributed by atoms with van der Waals surface area (Å²) in [5.74, 6) is 0.788. The van der Waals surface area contributed by atoms with E-state index in [0.29, 0.717) is 6.04 Å². The Kier molecular flexibility index (Phi) is 4.64. The quantitative estimate of drug-likeness (QED) is 0.854. The molecule has 0 heterocycles. The lowest BCUT2D eigenvalue weighted by molar-refractivity contribution is -0.134. The third kappa shape index (κ3) is 3.48. The van der Waals surface area contributed by atoms with Gasteiger partial charge in [-0.3, -0.25) is 4.79 Å². The fourth-order valence-corrected chi connectivity index (χ4v) is 2.54. The van der Waals surface area contributed by atoms with Crippen molar-refractivity contribution in [1.29, 1.82) is 0 Å². The minimum Gasteiger partial charge on any atom is -0.484 e. The zero-order chi connectivity index (χ0) is 13.0. The van der Waals surface area contributed by atoms with Crippen LogP contribution < -0.4 is 4.74 Å². The van der Waals surface area contributed by atoms with Gasteiger partial charge in [-0.15, -0.1) is 0 Å². The van der Waals surface area contributed by atoms with Crippen molar-refractivity contribution in [2.45, 2.75) is 31.7 Å². The van der Waals surface area contributed by atoms with Crippen LogP contribution in [0.1, 0.15) is 25.7 Å². The SMILES string of the molecule is CN(C(=O)COc1ccc(Br)cc1)C1CCCC1. The monoisotopic (exact) mass is 311 g/mol. The molecule has 1 saturated carbocycles. The lowest BCUT2D eigenvalue weighted by atomic mass is 10.2. The van der Waals surface area contributed by atoms with E-state index in [2.05, 4.69) is 15.9 Å². The van der Waals surface area contributed by atoms with Crippen LogP contribution in [0.15, 0.2) is 28.7 Å². The number of rotatable bonds is 4. The Morgan fingerprint density at radius 1 is 1.33 bits per heavy atom. The molecule has 0 saturated heterocycles. The lowest BCUT2D eigenvalue weighted by Crippen LogP contribution is -2.38. The molecule has 1 fully saturated rings. The van der Waals surface area contributed by atoms with Gasteiger partial charge in [0, 0.05) is 17.6 Å². The number of halogens is 1. The highest BCUT2D eigenvalue weighted by Crippen LogP contribution is 2.22. The predicted molar refractivity (Wildman–Crippen MR) is 74.7 cm³/mol. The molecule has 0 spiro atoms. The summed E-state index contributed by atoms with van der Waals surface area (Å²) < 4.78 is 6.50. The molecule has 3 nitrogen and oxygen atoms in total. The molecule has 18 heavy (non-hydrogen) atoms. The van der Waals surface area contributed by atoms with Crippen LogP contribution in [0.5, 0.6) is 5.75 Å². The summed E-state index contributed by atoms with van der Waals surface area (Å²) in [6.45, 7) is 0.120. The normalized spacial score (nSPS) is 15.7. The largest absolute Gasteiger partial charge is 0.484 e. The van der Waals surface area contributed by atoms with Gasteiger partial charge in [0.2, 0.25) is 0 Å². The van der Waals surface area contributed by atoms with Crippen LogP contribution in [0.25, 0.3) is 0 Å². The molecule has 1 aromatic carbocycles. The molecule has 0 bridgehead atoms. The highest BCUT2D eigenvalue weighted by atomic mass is 79.9. The molecule has 98 valence electrons. The topological polar surface area (TPSA) is 29.5 Å². The maximum Gasteiger partial charge on any atom is 0.260 e. The molecular formula is C14H18BrNO2. The van der Waals surface area contributed by atoms with Gasteiger partial charge in [0.15, 0.2) is 6.61 Å². The standard InChI is InChI=1S/C14H18BrNO2/c1-16(12-4-2-3-5-12)14(17)10-18-13-8-6-11(15)7-9-13/h6-9,12H,2-5,10H2,1H3. The van der Waals surface area contributed by atoms with Crippen LogP contribution in [-0.2, 0) is 4.79 Å². The summed E-state index contributed by atoms with van der Waals surface area (Å²) >= 11 is 3.36. The Labute approximate surface area is 116 Å². The second-order valence-corrected chi connectivity index (χ2v) is 5.60. The number of benzene rings is 1. The molecule has 1 aromatic rings. The average molecular weight is 312 g/mol. The lowest BCUT2D eigenvalue weighted by Gasteiger charge is -2.24. The second-order valence-electron chi connectivity index (χ2n) is 4.69. The number of carbonyl (C=O) groups excluding carboxylic acids is 1. The van der Waals surface area contributed by atoms with Crippen LogP contribution in [0, 0.1) is 0 Å². The van der Waals surface area contributed by atoms with E-state index in [4.69, 9.17) is 4.74 Å². The third-order valence-corrected chi connectivity index (χ3v) is 3.97. The molecular weight excluding hydrogens is 294 g/mol. The summed E-state index contributed by atoms with van der Waals surface area (Å²) in [6, 6.07) is 7.92. The fourth-order valence-electron chi connectivity index (χ4n) is 2.27. The molecule has 0 N–H and O–H groups in total. The first-order chi connectivity index (χ1) is 8.66. The van der Waals surface area contributed by atoms with Gasteiger partial charge in [0.25, 0.3) is 5.91 Å². The van der Waals surface area contributed by atoms with Crippen LogP contribution in [0.4, 0.5) is 0 Å². The van der Waals surface area contributed by atoms with Crippen LogP contribution in [0.3, 0.4) is 0 Å². The average Bonchev–Trinajstić information content (AvgIpc) is 2.90. The van der Waals surface area contributed by atoms with Crippen molar-refractivity contribution in [2.75, 3.05) is 13.7 Å². The van der Waals surface area contributed by atoms with Crippen molar-refractivity contribution in [1.82, 2.24) is 4.90 Å². The Bertz CT molecular complexity index is 399. The molecule has 0 aliphatic heterocycles. The zero-order valence-electron chi connectivity index (χ0n) is 10.6. The summed E-state index contributed by atoms with van der Waals surface area (Å²) in [6.07, 6.45) is 4.72. The van der Waals surface area contributed by atoms with Gasteiger partial charge >= 0.3 is 0 Å². The number of amides is 1. The van der Waals surface area contributed by atoms with Crippen LogP contribution in [0.2, 0.25) is 0 Å². The summed E-state index contributed by atoms with van der Waals surface area (Å²) in [5, 5.41) is 0. The number of carbonyl (C=O) groups is 1.